The fourth-order valence-corrected chi connectivity index (χ4v) is 4.75. The van der Waals surface area contributed by atoms with Crippen LogP contribution in [0.25, 0.3) is 0 Å². The molecule has 2 aromatic heterocycles. The average molecular weight is 349 g/mol. The van der Waals surface area contributed by atoms with Gasteiger partial charge in [-0.1, -0.05) is 12.1 Å². The molecule has 23 heavy (non-hydrogen) atoms. The van der Waals surface area contributed by atoms with E-state index in [2.05, 4.69) is 0 Å². The minimum absolute atomic E-state index is 0.157. The standard InChI is InChI=1S/C17H19NO3S2/c1-16(2,3)18-14(19)13(12-7-5-9-23-12)17(21,15(18)20)10-11-6-4-8-22-11/h4-9,13,21H,10H2,1-3H3/t13-,17-/m0/s1. The first-order valence-electron chi connectivity index (χ1n) is 7.42. The van der Waals surface area contributed by atoms with E-state index < -0.39 is 23.0 Å². The van der Waals surface area contributed by atoms with Crippen LogP contribution in [-0.4, -0.2) is 33.0 Å². The molecule has 0 aliphatic carbocycles. The van der Waals surface area contributed by atoms with E-state index in [0.29, 0.717) is 0 Å². The van der Waals surface area contributed by atoms with Gasteiger partial charge in [-0.25, -0.2) is 0 Å². The van der Waals surface area contributed by atoms with Gasteiger partial charge in [0.25, 0.3) is 5.91 Å². The third-order valence-electron chi connectivity index (χ3n) is 4.04. The summed E-state index contributed by atoms with van der Waals surface area (Å²) in [5.41, 5.74) is -2.39. The summed E-state index contributed by atoms with van der Waals surface area (Å²) in [5, 5.41) is 15.0. The van der Waals surface area contributed by atoms with Crippen molar-refractivity contribution in [2.45, 2.75) is 44.2 Å². The maximum absolute atomic E-state index is 13.0. The lowest BCUT2D eigenvalue weighted by Gasteiger charge is -2.31. The molecule has 1 fully saturated rings. The highest BCUT2D eigenvalue weighted by Gasteiger charge is 2.61. The Hall–Kier alpha value is -1.50. The molecule has 0 radical (unpaired) electrons. The van der Waals surface area contributed by atoms with Crippen LogP contribution in [-0.2, 0) is 16.0 Å². The molecule has 3 heterocycles. The molecular formula is C17H19NO3S2. The van der Waals surface area contributed by atoms with Crippen molar-refractivity contribution in [3.63, 3.8) is 0 Å². The van der Waals surface area contributed by atoms with Gasteiger partial charge in [0.2, 0.25) is 5.91 Å². The summed E-state index contributed by atoms with van der Waals surface area (Å²) in [6, 6.07) is 7.41. The molecule has 3 rings (SSSR count). The normalized spacial score (nSPS) is 25.4. The number of imide groups is 1. The van der Waals surface area contributed by atoms with E-state index in [1.54, 1.807) is 0 Å². The van der Waals surface area contributed by atoms with Crippen molar-refractivity contribution in [3.05, 3.63) is 44.8 Å². The number of hydrogen-bond acceptors (Lipinski definition) is 5. The third kappa shape index (κ3) is 2.65. The van der Waals surface area contributed by atoms with Crippen LogP contribution in [0.5, 0.6) is 0 Å². The lowest BCUT2D eigenvalue weighted by atomic mass is 9.85. The molecule has 122 valence electrons. The second-order valence-electron chi connectivity index (χ2n) is 6.78. The second-order valence-corrected chi connectivity index (χ2v) is 8.79. The molecule has 4 nitrogen and oxygen atoms in total. The Labute approximate surface area is 143 Å². The molecule has 0 unspecified atom stereocenters. The van der Waals surface area contributed by atoms with E-state index in [0.717, 1.165) is 9.75 Å². The number of rotatable bonds is 3. The van der Waals surface area contributed by atoms with Crippen molar-refractivity contribution in [1.29, 1.82) is 0 Å². The summed E-state index contributed by atoms with van der Waals surface area (Å²) < 4.78 is 0. The molecule has 0 aromatic carbocycles. The zero-order chi connectivity index (χ0) is 16.8. The van der Waals surface area contributed by atoms with Crippen molar-refractivity contribution in [2.75, 3.05) is 0 Å². The summed E-state index contributed by atoms with van der Waals surface area (Å²) in [5.74, 6) is -1.65. The van der Waals surface area contributed by atoms with Gasteiger partial charge in [-0.2, -0.15) is 0 Å². The predicted molar refractivity (Wildman–Crippen MR) is 91.6 cm³/mol. The van der Waals surface area contributed by atoms with E-state index >= 15 is 0 Å². The molecule has 6 heteroatoms. The Morgan fingerprint density at radius 1 is 1.17 bits per heavy atom. The molecule has 0 saturated carbocycles. The lowest BCUT2D eigenvalue weighted by molar-refractivity contribution is -0.150. The van der Waals surface area contributed by atoms with Crippen molar-refractivity contribution in [3.8, 4) is 0 Å². The molecule has 0 spiro atoms. The molecule has 1 aliphatic rings. The third-order valence-corrected chi connectivity index (χ3v) is 5.85. The second kappa shape index (κ2) is 5.54. The minimum Gasteiger partial charge on any atom is -0.378 e. The smallest absolute Gasteiger partial charge is 0.263 e. The van der Waals surface area contributed by atoms with Gasteiger partial charge in [0, 0.05) is 21.7 Å². The first-order valence-corrected chi connectivity index (χ1v) is 9.18. The summed E-state index contributed by atoms with van der Waals surface area (Å²) in [6.45, 7) is 5.43. The van der Waals surface area contributed by atoms with Crippen LogP contribution >= 0.6 is 22.7 Å². The monoisotopic (exact) mass is 349 g/mol. The summed E-state index contributed by atoms with van der Waals surface area (Å²) in [7, 11) is 0. The molecular weight excluding hydrogens is 330 g/mol. The number of hydrogen-bond donors (Lipinski definition) is 1. The zero-order valence-corrected chi connectivity index (χ0v) is 14.9. The Kier molecular flexibility index (Phi) is 3.94. The van der Waals surface area contributed by atoms with Crippen LogP contribution < -0.4 is 0 Å². The van der Waals surface area contributed by atoms with Crippen LogP contribution in [0, 0.1) is 0 Å². The van der Waals surface area contributed by atoms with Crippen molar-refractivity contribution >= 4 is 34.5 Å². The minimum atomic E-state index is -1.72. The molecule has 0 bridgehead atoms. The van der Waals surface area contributed by atoms with Crippen LogP contribution in [0.15, 0.2) is 35.0 Å². The fourth-order valence-electron chi connectivity index (χ4n) is 3.05. The summed E-state index contributed by atoms with van der Waals surface area (Å²) >= 11 is 2.88. The number of amides is 2. The Bertz CT molecular complexity index is 716. The van der Waals surface area contributed by atoms with E-state index in [1.807, 2.05) is 55.8 Å². The number of likely N-dealkylation sites (tertiary alicyclic amines) is 1. The SMILES string of the molecule is CC(C)(C)N1C(=O)[C@H](c2cccs2)[C@@](O)(Cc2cccs2)C1=O. The zero-order valence-electron chi connectivity index (χ0n) is 13.3. The first kappa shape index (κ1) is 16.4. The van der Waals surface area contributed by atoms with Crippen molar-refractivity contribution < 1.29 is 14.7 Å². The van der Waals surface area contributed by atoms with Gasteiger partial charge in [0.1, 0.15) is 5.92 Å². The highest BCUT2D eigenvalue weighted by atomic mass is 32.1. The van der Waals surface area contributed by atoms with E-state index in [-0.39, 0.29) is 12.3 Å². The van der Waals surface area contributed by atoms with Crippen molar-refractivity contribution in [1.82, 2.24) is 4.90 Å². The highest BCUT2D eigenvalue weighted by molar-refractivity contribution is 7.10. The van der Waals surface area contributed by atoms with Gasteiger partial charge in [-0.3, -0.25) is 14.5 Å². The molecule has 1 N–H and O–H groups in total. The number of aliphatic hydroxyl groups is 1. The Morgan fingerprint density at radius 2 is 1.83 bits per heavy atom. The number of nitrogens with zero attached hydrogens (tertiary/aromatic N) is 1. The van der Waals surface area contributed by atoms with Gasteiger partial charge in [-0.15, -0.1) is 22.7 Å². The molecule has 1 saturated heterocycles. The van der Waals surface area contributed by atoms with Gasteiger partial charge in [0.05, 0.1) is 0 Å². The van der Waals surface area contributed by atoms with Crippen LogP contribution in [0.4, 0.5) is 0 Å². The quantitative estimate of drug-likeness (QED) is 0.867. The largest absolute Gasteiger partial charge is 0.378 e. The van der Waals surface area contributed by atoms with Gasteiger partial charge in [0.15, 0.2) is 5.60 Å². The molecule has 1 aliphatic heterocycles. The molecule has 2 amide bonds. The number of carbonyl (C=O) groups excluding carboxylic acids is 2. The summed E-state index contributed by atoms with van der Waals surface area (Å²) in [6.07, 6.45) is 0.157. The number of carbonyl (C=O) groups is 2. The average Bonchev–Trinajstić information content (AvgIpc) is 3.12. The highest BCUT2D eigenvalue weighted by Crippen LogP contribution is 2.44. The van der Waals surface area contributed by atoms with Crippen LogP contribution in [0.2, 0.25) is 0 Å². The molecule has 2 aromatic rings. The molecule has 2 atom stereocenters. The van der Waals surface area contributed by atoms with Crippen LogP contribution in [0.3, 0.4) is 0 Å². The maximum atomic E-state index is 13.0. The van der Waals surface area contributed by atoms with E-state index in [4.69, 9.17) is 0 Å². The number of thiophene rings is 2. The fraction of sp³-hybridized carbons (Fsp3) is 0.412. The van der Waals surface area contributed by atoms with Gasteiger partial charge < -0.3 is 5.11 Å². The van der Waals surface area contributed by atoms with Gasteiger partial charge in [-0.05, 0) is 43.7 Å². The van der Waals surface area contributed by atoms with Crippen LogP contribution in [0.1, 0.15) is 36.4 Å². The van der Waals surface area contributed by atoms with Gasteiger partial charge >= 0.3 is 0 Å². The topological polar surface area (TPSA) is 57.6 Å². The summed E-state index contributed by atoms with van der Waals surface area (Å²) in [4.78, 5) is 28.8. The Balaban J connectivity index is 2.09. The van der Waals surface area contributed by atoms with E-state index in [1.165, 1.54) is 27.6 Å². The maximum Gasteiger partial charge on any atom is 0.263 e. The van der Waals surface area contributed by atoms with Crippen molar-refractivity contribution in [2.24, 2.45) is 0 Å². The predicted octanol–water partition coefficient (Wildman–Crippen LogP) is 3.03. The van der Waals surface area contributed by atoms with E-state index in [9.17, 15) is 14.7 Å². The Morgan fingerprint density at radius 3 is 2.35 bits per heavy atom. The lowest BCUT2D eigenvalue weighted by Crippen LogP contribution is -2.50. The first-order chi connectivity index (χ1) is 10.7.